The van der Waals surface area contributed by atoms with Crippen LogP contribution in [0.5, 0.6) is 5.75 Å². The van der Waals surface area contributed by atoms with Crippen LogP contribution >= 0.6 is 11.6 Å². The Kier molecular flexibility index (Phi) is 6.64. The van der Waals surface area contributed by atoms with E-state index in [1.807, 2.05) is 20.8 Å². The first-order chi connectivity index (χ1) is 12.3. The predicted octanol–water partition coefficient (Wildman–Crippen LogP) is 4.62. The van der Waals surface area contributed by atoms with Gasteiger partial charge in [-0.2, -0.15) is 0 Å². The fourth-order valence-electron chi connectivity index (χ4n) is 2.19. The van der Waals surface area contributed by atoms with Crippen LogP contribution in [0.1, 0.15) is 36.7 Å². The Morgan fingerprint density at radius 1 is 1.04 bits per heavy atom. The molecule has 2 aromatic rings. The topological polar surface area (TPSA) is 64.6 Å². The number of benzene rings is 2. The highest BCUT2D eigenvalue weighted by molar-refractivity contribution is 6.31. The van der Waals surface area contributed by atoms with Crippen molar-refractivity contribution in [3.05, 3.63) is 58.6 Å². The van der Waals surface area contributed by atoms with Gasteiger partial charge < -0.3 is 14.8 Å². The van der Waals surface area contributed by atoms with Gasteiger partial charge in [-0.15, -0.1) is 0 Å². The second-order valence-electron chi connectivity index (χ2n) is 6.19. The number of carbonyl (C=O) groups excluding carboxylic acids is 2. The molecule has 0 bridgehead atoms. The zero-order valence-corrected chi connectivity index (χ0v) is 16.0. The summed E-state index contributed by atoms with van der Waals surface area (Å²) in [5.41, 5.74) is 1.79. The number of esters is 1. The fourth-order valence-corrected chi connectivity index (χ4v) is 2.36. The molecule has 0 radical (unpaired) electrons. The Bertz CT molecular complexity index is 787. The first-order valence-corrected chi connectivity index (χ1v) is 8.68. The maximum absolute atomic E-state index is 12.3. The van der Waals surface area contributed by atoms with Gasteiger partial charge in [-0.25, -0.2) is 4.79 Å². The van der Waals surface area contributed by atoms with Gasteiger partial charge in [-0.05, 0) is 69.7 Å². The number of aryl methyl sites for hydroxylation is 1. The van der Waals surface area contributed by atoms with Gasteiger partial charge in [0.2, 0.25) is 0 Å². The Morgan fingerprint density at radius 3 is 2.31 bits per heavy atom. The average Bonchev–Trinajstić information content (AvgIpc) is 2.58. The van der Waals surface area contributed by atoms with Crippen molar-refractivity contribution in [1.29, 1.82) is 0 Å². The third-order valence-electron chi connectivity index (χ3n) is 3.57. The molecule has 0 aromatic heterocycles. The van der Waals surface area contributed by atoms with Gasteiger partial charge in [0.15, 0.2) is 6.10 Å². The summed E-state index contributed by atoms with van der Waals surface area (Å²) >= 11 is 5.94. The summed E-state index contributed by atoms with van der Waals surface area (Å²) in [7, 11) is 0. The fraction of sp³-hybridized carbons (Fsp3) is 0.300. The quantitative estimate of drug-likeness (QED) is 0.748. The van der Waals surface area contributed by atoms with E-state index in [-0.39, 0.29) is 6.10 Å². The molecule has 6 heteroatoms. The zero-order chi connectivity index (χ0) is 19.3. The molecule has 0 spiro atoms. The Balaban J connectivity index is 1.97. The normalized spacial score (nSPS) is 11.8. The van der Waals surface area contributed by atoms with Gasteiger partial charge in [-0.3, -0.25) is 4.79 Å². The summed E-state index contributed by atoms with van der Waals surface area (Å²) in [4.78, 5) is 24.5. The molecule has 0 unspecified atom stereocenters. The average molecular weight is 376 g/mol. The van der Waals surface area contributed by atoms with Crippen LogP contribution in [-0.4, -0.2) is 24.1 Å². The van der Waals surface area contributed by atoms with Crippen LogP contribution in [-0.2, 0) is 9.53 Å². The second kappa shape index (κ2) is 8.72. The molecule has 5 nitrogen and oxygen atoms in total. The maximum atomic E-state index is 12.3. The lowest BCUT2D eigenvalue weighted by Gasteiger charge is -2.15. The van der Waals surface area contributed by atoms with E-state index in [9.17, 15) is 9.59 Å². The van der Waals surface area contributed by atoms with E-state index in [2.05, 4.69) is 5.32 Å². The van der Waals surface area contributed by atoms with E-state index < -0.39 is 18.0 Å². The molecule has 1 N–H and O–H groups in total. The lowest BCUT2D eigenvalue weighted by Crippen LogP contribution is -2.30. The summed E-state index contributed by atoms with van der Waals surface area (Å²) in [5.74, 6) is -0.339. The van der Waals surface area contributed by atoms with Gasteiger partial charge in [-0.1, -0.05) is 17.7 Å². The molecule has 26 heavy (non-hydrogen) atoms. The smallest absolute Gasteiger partial charge is 0.338 e. The standard InChI is InChI=1S/C20H22ClNO4/c1-12(2)25-17-9-6-15(7-10-17)20(24)26-14(4)19(23)22-18-11-16(21)8-5-13(18)3/h5-12,14H,1-4H3,(H,22,23)/t14-/m1/s1. The van der Waals surface area contributed by atoms with Crippen LogP contribution < -0.4 is 10.1 Å². The number of hydrogen-bond donors (Lipinski definition) is 1. The first-order valence-electron chi connectivity index (χ1n) is 8.31. The van der Waals surface area contributed by atoms with Crippen molar-refractivity contribution in [3.63, 3.8) is 0 Å². The number of amides is 1. The number of anilines is 1. The Labute approximate surface area is 158 Å². The van der Waals surface area contributed by atoms with Crippen LogP contribution in [0.2, 0.25) is 5.02 Å². The van der Waals surface area contributed by atoms with Crippen molar-refractivity contribution in [3.8, 4) is 5.75 Å². The largest absolute Gasteiger partial charge is 0.491 e. The summed E-state index contributed by atoms with van der Waals surface area (Å²) < 4.78 is 10.8. The van der Waals surface area contributed by atoms with Crippen molar-refractivity contribution in [2.75, 3.05) is 5.32 Å². The molecule has 0 aliphatic heterocycles. The minimum atomic E-state index is -0.951. The Hall–Kier alpha value is -2.53. The lowest BCUT2D eigenvalue weighted by atomic mass is 10.2. The van der Waals surface area contributed by atoms with E-state index in [1.165, 1.54) is 6.92 Å². The molecule has 138 valence electrons. The summed E-state index contributed by atoms with van der Waals surface area (Å²) in [6.07, 6.45) is -0.904. The highest BCUT2D eigenvalue weighted by atomic mass is 35.5. The number of carbonyl (C=O) groups is 2. The highest BCUT2D eigenvalue weighted by Crippen LogP contribution is 2.21. The third-order valence-corrected chi connectivity index (χ3v) is 3.81. The Morgan fingerprint density at radius 2 is 1.69 bits per heavy atom. The predicted molar refractivity (Wildman–Crippen MR) is 102 cm³/mol. The monoisotopic (exact) mass is 375 g/mol. The molecule has 1 atom stereocenters. The van der Waals surface area contributed by atoms with Crippen molar-refractivity contribution >= 4 is 29.2 Å². The van der Waals surface area contributed by atoms with Gasteiger partial charge in [0.1, 0.15) is 5.75 Å². The minimum Gasteiger partial charge on any atom is -0.491 e. The first kappa shape index (κ1) is 19.8. The molecule has 0 aliphatic carbocycles. The van der Waals surface area contributed by atoms with Gasteiger partial charge in [0.05, 0.1) is 11.7 Å². The third kappa shape index (κ3) is 5.49. The summed E-state index contributed by atoms with van der Waals surface area (Å²) in [5, 5.41) is 3.23. The van der Waals surface area contributed by atoms with Crippen molar-refractivity contribution in [1.82, 2.24) is 0 Å². The number of nitrogens with one attached hydrogen (secondary N) is 1. The zero-order valence-electron chi connectivity index (χ0n) is 15.2. The number of rotatable bonds is 6. The summed E-state index contributed by atoms with van der Waals surface area (Å²) in [6, 6.07) is 11.8. The molecule has 1 amide bonds. The lowest BCUT2D eigenvalue weighted by molar-refractivity contribution is -0.123. The van der Waals surface area contributed by atoms with Crippen LogP contribution in [0.4, 0.5) is 5.69 Å². The maximum Gasteiger partial charge on any atom is 0.338 e. The van der Waals surface area contributed by atoms with Crippen LogP contribution in [0.3, 0.4) is 0 Å². The molecule has 0 saturated carbocycles. The van der Waals surface area contributed by atoms with E-state index in [4.69, 9.17) is 21.1 Å². The molecular formula is C20H22ClNO4. The molecule has 0 saturated heterocycles. The van der Waals surface area contributed by atoms with Gasteiger partial charge in [0, 0.05) is 10.7 Å². The molecule has 0 fully saturated rings. The molecule has 0 heterocycles. The molecule has 2 rings (SSSR count). The second-order valence-corrected chi connectivity index (χ2v) is 6.62. The van der Waals surface area contributed by atoms with Crippen LogP contribution in [0, 0.1) is 6.92 Å². The molecule has 0 aliphatic rings. The van der Waals surface area contributed by atoms with Crippen molar-refractivity contribution in [2.45, 2.75) is 39.9 Å². The van der Waals surface area contributed by atoms with E-state index in [1.54, 1.807) is 42.5 Å². The van der Waals surface area contributed by atoms with Gasteiger partial charge >= 0.3 is 5.97 Å². The van der Waals surface area contributed by atoms with Crippen molar-refractivity contribution in [2.24, 2.45) is 0 Å². The molecule has 2 aromatic carbocycles. The van der Waals surface area contributed by atoms with E-state index in [0.29, 0.717) is 22.0 Å². The van der Waals surface area contributed by atoms with E-state index in [0.717, 1.165) is 5.56 Å². The van der Waals surface area contributed by atoms with Gasteiger partial charge in [0.25, 0.3) is 5.91 Å². The minimum absolute atomic E-state index is 0.0477. The molecular weight excluding hydrogens is 354 g/mol. The SMILES string of the molecule is Cc1ccc(Cl)cc1NC(=O)[C@@H](C)OC(=O)c1ccc(OC(C)C)cc1. The van der Waals surface area contributed by atoms with E-state index >= 15 is 0 Å². The number of halogens is 1. The highest BCUT2D eigenvalue weighted by Gasteiger charge is 2.19. The number of hydrogen-bond acceptors (Lipinski definition) is 4. The van der Waals surface area contributed by atoms with Crippen LogP contribution in [0.25, 0.3) is 0 Å². The number of ether oxygens (including phenoxy) is 2. The summed E-state index contributed by atoms with van der Waals surface area (Å²) in [6.45, 7) is 7.21. The van der Waals surface area contributed by atoms with Crippen molar-refractivity contribution < 1.29 is 19.1 Å². The van der Waals surface area contributed by atoms with Crippen LogP contribution in [0.15, 0.2) is 42.5 Å².